The Balaban J connectivity index is 2.07. The molecule has 0 aliphatic carbocycles. The standard InChI is InChI=1S/C17H10Cl2N2O3S/c18-10-5-6-13(12(19)8-10)21-16(24)11(15(23)20-17(21)25)7-9-3-1-2-4-14(9)22/h1-8,22H,(H,20,23,25)/b11-7+. The molecule has 0 radical (unpaired) electrons. The Morgan fingerprint density at radius 1 is 1.12 bits per heavy atom. The number of nitrogens with zero attached hydrogens (tertiary/aromatic N) is 1. The van der Waals surface area contributed by atoms with Gasteiger partial charge in [0.15, 0.2) is 5.11 Å². The third-order valence-corrected chi connectivity index (χ3v) is 4.31. The van der Waals surface area contributed by atoms with Crippen molar-refractivity contribution in [1.29, 1.82) is 0 Å². The van der Waals surface area contributed by atoms with Crippen LogP contribution in [0.15, 0.2) is 48.0 Å². The van der Waals surface area contributed by atoms with E-state index < -0.39 is 11.8 Å². The van der Waals surface area contributed by atoms with Gasteiger partial charge in [0, 0.05) is 10.6 Å². The largest absolute Gasteiger partial charge is 0.507 e. The molecule has 1 aliphatic heterocycles. The fraction of sp³-hybridized carbons (Fsp3) is 0. The molecule has 0 aromatic heterocycles. The highest BCUT2D eigenvalue weighted by molar-refractivity contribution is 7.80. The van der Waals surface area contributed by atoms with Crippen molar-refractivity contribution in [3.05, 3.63) is 63.6 Å². The first-order chi connectivity index (χ1) is 11.9. The van der Waals surface area contributed by atoms with E-state index in [4.69, 9.17) is 35.4 Å². The van der Waals surface area contributed by atoms with Gasteiger partial charge in [-0.15, -0.1) is 0 Å². The fourth-order valence-electron chi connectivity index (χ4n) is 2.30. The van der Waals surface area contributed by atoms with Crippen LogP contribution in [0.4, 0.5) is 5.69 Å². The Hall–Kier alpha value is -2.41. The van der Waals surface area contributed by atoms with Crippen molar-refractivity contribution in [1.82, 2.24) is 5.32 Å². The number of para-hydroxylation sites is 1. The molecular weight excluding hydrogens is 383 g/mol. The number of phenolic OH excluding ortho intramolecular Hbond substituents is 1. The van der Waals surface area contributed by atoms with E-state index in [9.17, 15) is 14.7 Å². The number of nitrogens with one attached hydrogen (secondary N) is 1. The highest BCUT2D eigenvalue weighted by atomic mass is 35.5. The number of benzene rings is 2. The van der Waals surface area contributed by atoms with Crippen LogP contribution in [0.3, 0.4) is 0 Å². The van der Waals surface area contributed by atoms with Crippen LogP contribution in [0, 0.1) is 0 Å². The SMILES string of the molecule is O=C1NC(=S)N(c2ccc(Cl)cc2Cl)C(=O)/C1=C/c1ccccc1O. The number of anilines is 1. The Kier molecular flexibility index (Phi) is 4.76. The van der Waals surface area contributed by atoms with Crippen molar-refractivity contribution in [2.75, 3.05) is 4.90 Å². The molecular formula is C17H10Cl2N2O3S. The monoisotopic (exact) mass is 392 g/mol. The highest BCUT2D eigenvalue weighted by Crippen LogP contribution is 2.31. The third-order valence-electron chi connectivity index (χ3n) is 3.49. The lowest BCUT2D eigenvalue weighted by Crippen LogP contribution is -2.54. The van der Waals surface area contributed by atoms with Crippen molar-refractivity contribution in [3.63, 3.8) is 0 Å². The van der Waals surface area contributed by atoms with Gasteiger partial charge < -0.3 is 5.11 Å². The summed E-state index contributed by atoms with van der Waals surface area (Å²) < 4.78 is 0. The number of hydrogen-bond donors (Lipinski definition) is 2. The molecule has 25 heavy (non-hydrogen) atoms. The molecule has 0 unspecified atom stereocenters. The van der Waals surface area contributed by atoms with Crippen LogP contribution in [0.2, 0.25) is 10.0 Å². The zero-order chi connectivity index (χ0) is 18.1. The second-order valence-electron chi connectivity index (χ2n) is 5.11. The summed E-state index contributed by atoms with van der Waals surface area (Å²) in [5.74, 6) is -1.36. The quantitative estimate of drug-likeness (QED) is 0.465. The van der Waals surface area contributed by atoms with Crippen LogP contribution in [0.25, 0.3) is 6.08 Å². The average molecular weight is 393 g/mol. The Morgan fingerprint density at radius 3 is 2.52 bits per heavy atom. The molecule has 2 N–H and O–H groups in total. The number of carbonyl (C=O) groups is 2. The van der Waals surface area contributed by atoms with Crippen molar-refractivity contribution in [2.45, 2.75) is 0 Å². The summed E-state index contributed by atoms with van der Waals surface area (Å²) in [6.07, 6.45) is 1.30. The van der Waals surface area contributed by atoms with Gasteiger partial charge in [-0.2, -0.15) is 0 Å². The van der Waals surface area contributed by atoms with E-state index in [-0.39, 0.29) is 21.5 Å². The van der Waals surface area contributed by atoms with E-state index in [1.165, 1.54) is 24.3 Å². The van der Waals surface area contributed by atoms with Gasteiger partial charge in [-0.25, -0.2) is 0 Å². The molecule has 1 saturated heterocycles. The van der Waals surface area contributed by atoms with Crippen molar-refractivity contribution in [2.24, 2.45) is 0 Å². The maximum Gasteiger partial charge on any atom is 0.270 e. The average Bonchev–Trinajstić information content (AvgIpc) is 2.55. The molecule has 2 aromatic carbocycles. The van der Waals surface area contributed by atoms with Crippen LogP contribution in [-0.2, 0) is 9.59 Å². The van der Waals surface area contributed by atoms with Crippen LogP contribution in [0.5, 0.6) is 5.75 Å². The lowest BCUT2D eigenvalue weighted by molar-refractivity contribution is -0.122. The third kappa shape index (κ3) is 3.37. The molecule has 0 spiro atoms. The van der Waals surface area contributed by atoms with Gasteiger partial charge in [0.2, 0.25) is 0 Å². The highest BCUT2D eigenvalue weighted by Gasteiger charge is 2.35. The molecule has 5 nitrogen and oxygen atoms in total. The number of amides is 2. The van der Waals surface area contributed by atoms with Crippen LogP contribution in [0.1, 0.15) is 5.56 Å². The van der Waals surface area contributed by atoms with Gasteiger partial charge in [0.1, 0.15) is 11.3 Å². The Morgan fingerprint density at radius 2 is 1.84 bits per heavy atom. The van der Waals surface area contributed by atoms with Crippen LogP contribution in [-0.4, -0.2) is 22.0 Å². The zero-order valence-electron chi connectivity index (χ0n) is 12.5. The first-order valence-corrected chi connectivity index (χ1v) is 8.19. The second kappa shape index (κ2) is 6.84. The molecule has 3 rings (SSSR count). The smallest absolute Gasteiger partial charge is 0.270 e. The van der Waals surface area contributed by atoms with Gasteiger partial charge in [-0.3, -0.25) is 19.8 Å². The predicted octanol–water partition coefficient (Wildman–Crippen LogP) is 3.53. The second-order valence-corrected chi connectivity index (χ2v) is 6.34. The molecule has 2 amide bonds. The molecule has 0 saturated carbocycles. The van der Waals surface area contributed by atoms with Gasteiger partial charge in [-0.05, 0) is 42.6 Å². The first-order valence-electron chi connectivity index (χ1n) is 7.03. The van der Waals surface area contributed by atoms with Crippen molar-refractivity contribution < 1.29 is 14.7 Å². The topological polar surface area (TPSA) is 69.6 Å². The maximum atomic E-state index is 12.8. The van der Waals surface area contributed by atoms with E-state index >= 15 is 0 Å². The van der Waals surface area contributed by atoms with Gasteiger partial charge >= 0.3 is 0 Å². The van der Waals surface area contributed by atoms with Crippen LogP contribution >= 0.6 is 35.4 Å². The van der Waals surface area contributed by atoms with E-state index in [1.807, 2.05) is 0 Å². The number of carbonyl (C=O) groups excluding carboxylic acids is 2. The minimum absolute atomic E-state index is 0.0557. The van der Waals surface area contributed by atoms with Gasteiger partial charge in [-0.1, -0.05) is 41.4 Å². The first kappa shape index (κ1) is 17.4. The van der Waals surface area contributed by atoms with Gasteiger partial charge in [0.25, 0.3) is 11.8 Å². The summed E-state index contributed by atoms with van der Waals surface area (Å²) in [7, 11) is 0. The lowest BCUT2D eigenvalue weighted by Gasteiger charge is -2.29. The number of thiocarbonyl (C=S) groups is 1. The summed E-state index contributed by atoms with van der Waals surface area (Å²) in [4.78, 5) is 26.1. The van der Waals surface area contributed by atoms with E-state index in [2.05, 4.69) is 5.32 Å². The summed E-state index contributed by atoms with van der Waals surface area (Å²) >= 11 is 17.1. The number of phenols is 1. The van der Waals surface area contributed by atoms with Crippen LogP contribution < -0.4 is 10.2 Å². The van der Waals surface area contributed by atoms with E-state index in [0.717, 1.165) is 4.90 Å². The predicted molar refractivity (Wildman–Crippen MR) is 101 cm³/mol. The van der Waals surface area contributed by atoms with Crippen molar-refractivity contribution in [3.8, 4) is 5.75 Å². The molecule has 2 aromatic rings. The lowest BCUT2D eigenvalue weighted by atomic mass is 10.1. The minimum Gasteiger partial charge on any atom is -0.507 e. The number of halogens is 2. The van der Waals surface area contributed by atoms with E-state index in [1.54, 1.807) is 24.3 Å². The molecule has 0 bridgehead atoms. The number of rotatable bonds is 2. The molecule has 1 fully saturated rings. The van der Waals surface area contributed by atoms with Gasteiger partial charge in [0.05, 0.1) is 10.7 Å². The number of aromatic hydroxyl groups is 1. The fourth-order valence-corrected chi connectivity index (χ4v) is 3.07. The van der Waals surface area contributed by atoms with Crippen molar-refractivity contribution >= 4 is 64.1 Å². The Labute approximate surface area is 158 Å². The minimum atomic E-state index is -0.653. The molecule has 8 heteroatoms. The maximum absolute atomic E-state index is 12.8. The summed E-state index contributed by atoms with van der Waals surface area (Å²) in [5.41, 5.74) is 0.446. The molecule has 126 valence electrons. The molecule has 1 aliphatic rings. The number of hydrogen-bond acceptors (Lipinski definition) is 4. The summed E-state index contributed by atoms with van der Waals surface area (Å²) in [5, 5.41) is 12.8. The molecule has 1 heterocycles. The normalized spacial score (nSPS) is 16.3. The summed E-state index contributed by atoms with van der Waals surface area (Å²) in [6.45, 7) is 0. The summed E-state index contributed by atoms with van der Waals surface area (Å²) in [6, 6.07) is 10.9. The Bertz CT molecular complexity index is 943. The van der Waals surface area contributed by atoms with E-state index in [0.29, 0.717) is 16.3 Å². The zero-order valence-corrected chi connectivity index (χ0v) is 14.8. The molecule has 0 atom stereocenters.